The molecule has 1 atom stereocenters. The lowest BCUT2D eigenvalue weighted by Crippen LogP contribution is -2.39. The second-order valence-corrected chi connectivity index (χ2v) is 6.43. The average molecular weight is 338 g/mol. The van der Waals surface area contributed by atoms with Gasteiger partial charge in [-0.1, -0.05) is 30.3 Å². The standard InChI is InChI=1S/C20H22N2O3/c21-19(24)16-6-8-17(9-7-16)20(25)22-12-10-15(11-13-22)18(23)14-4-2-1-3-5-14/h1-9,15,18,23H,10-13H2,(H2,21,24). The molecule has 1 aliphatic heterocycles. The van der Waals surface area contributed by atoms with Gasteiger partial charge in [0.25, 0.3) is 5.91 Å². The first-order valence-corrected chi connectivity index (χ1v) is 8.48. The van der Waals surface area contributed by atoms with E-state index >= 15 is 0 Å². The molecule has 0 saturated carbocycles. The van der Waals surface area contributed by atoms with Gasteiger partial charge in [0.2, 0.25) is 5.91 Å². The molecule has 0 aliphatic carbocycles. The van der Waals surface area contributed by atoms with Crippen molar-refractivity contribution in [2.24, 2.45) is 11.7 Å². The van der Waals surface area contributed by atoms with Gasteiger partial charge in [-0.15, -0.1) is 0 Å². The lowest BCUT2D eigenvalue weighted by atomic mass is 9.87. The highest BCUT2D eigenvalue weighted by Crippen LogP contribution is 2.31. The van der Waals surface area contributed by atoms with Gasteiger partial charge < -0.3 is 15.7 Å². The summed E-state index contributed by atoms with van der Waals surface area (Å²) in [4.78, 5) is 25.5. The molecular formula is C20H22N2O3. The van der Waals surface area contributed by atoms with Crippen LogP contribution < -0.4 is 5.73 Å². The zero-order valence-corrected chi connectivity index (χ0v) is 14.0. The Morgan fingerprint density at radius 3 is 2.08 bits per heavy atom. The van der Waals surface area contributed by atoms with Gasteiger partial charge in [0.1, 0.15) is 0 Å². The predicted molar refractivity (Wildman–Crippen MR) is 95.0 cm³/mol. The Morgan fingerprint density at radius 1 is 0.960 bits per heavy atom. The molecule has 5 heteroatoms. The highest BCUT2D eigenvalue weighted by molar-refractivity contribution is 5.97. The minimum atomic E-state index is -0.505. The second kappa shape index (κ2) is 7.49. The van der Waals surface area contributed by atoms with Gasteiger partial charge in [-0.2, -0.15) is 0 Å². The highest BCUT2D eigenvalue weighted by atomic mass is 16.3. The molecular weight excluding hydrogens is 316 g/mol. The van der Waals surface area contributed by atoms with Crippen molar-refractivity contribution in [1.29, 1.82) is 0 Å². The first-order chi connectivity index (χ1) is 12.1. The number of rotatable bonds is 4. The van der Waals surface area contributed by atoms with Gasteiger partial charge in [-0.05, 0) is 48.6 Å². The van der Waals surface area contributed by atoms with E-state index in [1.54, 1.807) is 29.2 Å². The number of likely N-dealkylation sites (tertiary alicyclic amines) is 1. The van der Waals surface area contributed by atoms with Crippen LogP contribution in [0.3, 0.4) is 0 Å². The number of piperidine rings is 1. The number of amides is 2. The van der Waals surface area contributed by atoms with Crippen LogP contribution in [-0.2, 0) is 0 Å². The van der Waals surface area contributed by atoms with Crippen LogP contribution in [0.4, 0.5) is 0 Å². The fraction of sp³-hybridized carbons (Fsp3) is 0.300. The summed E-state index contributed by atoms with van der Waals surface area (Å²) < 4.78 is 0. The molecule has 0 radical (unpaired) electrons. The maximum absolute atomic E-state index is 12.6. The van der Waals surface area contributed by atoms with E-state index in [4.69, 9.17) is 5.73 Å². The lowest BCUT2D eigenvalue weighted by Gasteiger charge is -2.34. The number of hydrogen-bond acceptors (Lipinski definition) is 3. The number of nitrogens with zero attached hydrogens (tertiary/aromatic N) is 1. The number of aliphatic hydroxyl groups excluding tert-OH is 1. The van der Waals surface area contributed by atoms with Gasteiger partial charge in [0.05, 0.1) is 6.10 Å². The smallest absolute Gasteiger partial charge is 0.253 e. The van der Waals surface area contributed by atoms with Crippen molar-refractivity contribution in [3.63, 3.8) is 0 Å². The summed E-state index contributed by atoms with van der Waals surface area (Å²) in [5.74, 6) is -0.401. The normalized spacial score (nSPS) is 16.4. The van der Waals surface area contributed by atoms with Gasteiger partial charge in [0, 0.05) is 24.2 Å². The Hall–Kier alpha value is -2.66. The zero-order valence-electron chi connectivity index (χ0n) is 14.0. The molecule has 1 aliphatic rings. The molecule has 1 fully saturated rings. The Morgan fingerprint density at radius 2 is 1.52 bits per heavy atom. The number of benzene rings is 2. The first-order valence-electron chi connectivity index (χ1n) is 8.48. The van der Waals surface area contributed by atoms with Crippen LogP contribution in [0.1, 0.15) is 45.2 Å². The van der Waals surface area contributed by atoms with Crippen LogP contribution in [0.5, 0.6) is 0 Å². The summed E-state index contributed by atoms with van der Waals surface area (Å²) in [7, 11) is 0. The van der Waals surface area contributed by atoms with Gasteiger partial charge >= 0.3 is 0 Å². The Kier molecular flexibility index (Phi) is 5.14. The fourth-order valence-corrected chi connectivity index (χ4v) is 3.30. The number of nitrogens with two attached hydrogens (primary N) is 1. The van der Waals surface area contributed by atoms with E-state index in [-0.39, 0.29) is 11.8 Å². The molecule has 1 unspecified atom stereocenters. The van der Waals surface area contributed by atoms with E-state index in [9.17, 15) is 14.7 Å². The number of carbonyl (C=O) groups excluding carboxylic acids is 2. The molecule has 1 saturated heterocycles. The lowest BCUT2D eigenvalue weighted by molar-refractivity contribution is 0.0462. The molecule has 3 rings (SSSR count). The van der Waals surface area contributed by atoms with Crippen LogP contribution in [0, 0.1) is 5.92 Å². The highest BCUT2D eigenvalue weighted by Gasteiger charge is 2.28. The molecule has 1 heterocycles. The van der Waals surface area contributed by atoms with E-state index in [2.05, 4.69) is 0 Å². The minimum Gasteiger partial charge on any atom is -0.388 e. The van der Waals surface area contributed by atoms with Crippen LogP contribution in [0.25, 0.3) is 0 Å². The third-order valence-electron chi connectivity index (χ3n) is 4.83. The first kappa shape index (κ1) is 17.2. The molecule has 5 nitrogen and oxygen atoms in total. The largest absolute Gasteiger partial charge is 0.388 e. The second-order valence-electron chi connectivity index (χ2n) is 6.43. The van der Waals surface area contributed by atoms with Crippen LogP contribution >= 0.6 is 0 Å². The SMILES string of the molecule is NC(=O)c1ccc(C(=O)N2CCC(C(O)c3ccccc3)CC2)cc1. The summed E-state index contributed by atoms with van der Waals surface area (Å²) in [6.45, 7) is 1.23. The number of carbonyl (C=O) groups is 2. The third kappa shape index (κ3) is 3.88. The minimum absolute atomic E-state index is 0.0522. The Balaban J connectivity index is 1.60. The molecule has 2 aromatic carbocycles. The van der Waals surface area contributed by atoms with E-state index in [1.165, 1.54) is 0 Å². The quantitative estimate of drug-likeness (QED) is 0.898. The summed E-state index contributed by atoms with van der Waals surface area (Å²) in [6, 6.07) is 16.1. The number of aliphatic hydroxyl groups is 1. The van der Waals surface area contributed by atoms with Crippen molar-refractivity contribution >= 4 is 11.8 Å². The monoisotopic (exact) mass is 338 g/mol. The summed E-state index contributed by atoms with van der Waals surface area (Å²) >= 11 is 0. The Labute approximate surface area is 147 Å². The van der Waals surface area contributed by atoms with Crippen molar-refractivity contribution in [2.75, 3.05) is 13.1 Å². The molecule has 0 bridgehead atoms. The van der Waals surface area contributed by atoms with Crippen LogP contribution in [0.2, 0.25) is 0 Å². The molecule has 0 spiro atoms. The summed E-state index contributed by atoms with van der Waals surface area (Å²) in [5.41, 5.74) is 7.08. The molecule has 25 heavy (non-hydrogen) atoms. The van der Waals surface area contributed by atoms with Crippen LogP contribution in [-0.4, -0.2) is 34.9 Å². The molecule has 130 valence electrons. The van der Waals surface area contributed by atoms with E-state index in [0.29, 0.717) is 24.2 Å². The van der Waals surface area contributed by atoms with Gasteiger partial charge in [-0.3, -0.25) is 9.59 Å². The molecule has 2 aromatic rings. The van der Waals surface area contributed by atoms with E-state index < -0.39 is 12.0 Å². The van der Waals surface area contributed by atoms with Crippen molar-refractivity contribution in [3.05, 3.63) is 71.3 Å². The van der Waals surface area contributed by atoms with Crippen molar-refractivity contribution in [1.82, 2.24) is 4.90 Å². The van der Waals surface area contributed by atoms with Crippen molar-refractivity contribution in [2.45, 2.75) is 18.9 Å². The summed E-state index contributed by atoms with van der Waals surface area (Å²) in [6.07, 6.45) is 1.04. The third-order valence-corrected chi connectivity index (χ3v) is 4.83. The van der Waals surface area contributed by atoms with E-state index in [0.717, 1.165) is 18.4 Å². The van der Waals surface area contributed by atoms with Crippen molar-refractivity contribution < 1.29 is 14.7 Å². The molecule has 3 N–H and O–H groups in total. The Bertz CT molecular complexity index is 735. The van der Waals surface area contributed by atoms with Crippen molar-refractivity contribution in [3.8, 4) is 0 Å². The van der Waals surface area contributed by atoms with E-state index in [1.807, 2.05) is 30.3 Å². The van der Waals surface area contributed by atoms with Crippen LogP contribution in [0.15, 0.2) is 54.6 Å². The molecule has 0 aromatic heterocycles. The topological polar surface area (TPSA) is 83.6 Å². The predicted octanol–water partition coefficient (Wildman–Crippen LogP) is 2.37. The summed E-state index contributed by atoms with van der Waals surface area (Å²) in [5, 5.41) is 10.5. The number of primary amides is 1. The maximum Gasteiger partial charge on any atom is 0.253 e. The maximum atomic E-state index is 12.6. The molecule has 2 amide bonds. The van der Waals surface area contributed by atoms with Gasteiger partial charge in [0.15, 0.2) is 0 Å². The zero-order chi connectivity index (χ0) is 17.8. The number of hydrogen-bond donors (Lipinski definition) is 2. The average Bonchev–Trinajstić information content (AvgIpc) is 2.67. The fourth-order valence-electron chi connectivity index (χ4n) is 3.30. The van der Waals surface area contributed by atoms with Gasteiger partial charge in [-0.25, -0.2) is 0 Å².